The van der Waals surface area contributed by atoms with Crippen molar-refractivity contribution in [2.24, 2.45) is 0 Å². The van der Waals surface area contributed by atoms with Crippen molar-refractivity contribution >= 4 is 16.8 Å². The van der Waals surface area contributed by atoms with E-state index >= 15 is 0 Å². The second-order valence-corrected chi connectivity index (χ2v) is 6.08. The molecule has 0 radical (unpaired) electrons. The van der Waals surface area contributed by atoms with E-state index in [0.29, 0.717) is 13.0 Å². The number of carbonyl (C=O) groups is 1. The first-order chi connectivity index (χ1) is 10.8. The quantitative estimate of drug-likeness (QED) is 0.889. The SMILES string of the molecule is CC[C@@H](CC(=O)N[C@H]1CCCOC1)c1c[nH]c2ccccc12. The van der Waals surface area contributed by atoms with E-state index in [0.717, 1.165) is 31.4 Å². The number of nitrogens with one attached hydrogen (secondary N) is 2. The van der Waals surface area contributed by atoms with Crippen molar-refractivity contribution in [3.63, 3.8) is 0 Å². The third-order valence-electron chi connectivity index (χ3n) is 4.51. The molecule has 1 aromatic heterocycles. The number of aromatic nitrogens is 1. The highest BCUT2D eigenvalue weighted by Gasteiger charge is 2.21. The zero-order chi connectivity index (χ0) is 15.4. The molecule has 2 heterocycles. The van der Waals surface area contributed by atoms with Crippen molar-refractivity contribution in [3.8, 4) is 0 Å². The summed E-state index contributed by atoms with van der Waals surface area (Å²) in [5.41, 5.74) is 2.38. The number of ether oxygens (including phenoxy) is 1. The number of amides is 1. The Hall–Kier alpha value is -1.81. The molecule has 3 rings (SSSR count). The van der Waals surface area contributed by atoms with Gasteiger partial charge in [0, 0.05) is 30.1 Å². The molecule has 0 spiro atoms. The third kappa shape index (κ3) is 3.33. The van der Waals surface area contributed by atoms with Gasteiger partial charge in [0.1, 0.15) is 0 Å². The fourth-order valence-corrected chi connectivity index (χ4v) is 3.27. The molecule has 0 saturated carbocycles. The molecule has 1 aliphatic heterocycles. The Kier molecular flexibility index (Phi) is 4.78. The molecule has 1 saturated heterocycles. The maximum atomic E-state index is 12.3. The lowest BCUT2D eigenvalue weighted by molar-refractivity contribution is -0.123. The van der Waals surface area contributed by atoms with E-state index < -0.39 is 0 Å². The standard InChI is InChI=1S/C18H24N2O2/c1-2-13(10-18(21)20-14-6-5-9-22-12-14)16-11-19-17-8-4-3-7-15(16)17/h3-4,7-8,11,13-14,19H,2,5-6,9-10,12H2,1H3,(H,20,21)/t13-,14-/m0/s1. The number of carbonyl (C=O) groups excluding carboxylic acids is 1. The second kappa shape index (κ2) is 6.97. The van der Waals surface area contributed by atoms with E-state index in [1.807, 2.05) is 12.1 Å². The van der Waals surface area contributed by atoms with Gasteiger partial charge in [-0.1, -0.05) is 25.1 Å². The summed E-state index contributed by atoms with van der Waals surface area (Å²) in [6, 6.07) is 8.45. The minimum Gasteiger partial charge on any atom is -0.379 e. The number of hydrogen-bond donors (Lipinski definition) is 2. The van der Waals surface area contributed by atoms with E-state index in [1.54, 1.807) is 0 Å². The lowest BCUT2D eigenvalue weighted by atomic mass is 9.92. The maximum absolute atomic E-state index is 12.3. The molecule has 1 aromatic carbocycles. The van der Waals surface area contributed by atoms with Crippen LogP contribution in [-0.4, -0.2) is 30.1 Å². The van der Waals surface area contributed by atoms with Crippen LogP contribution in [0.15, 0.2) is 30.5 Å². The number of hydrogen-bond acceptors (Lipinski definition) is 2. The van der Waals surface area contributed by atoms with Gasteiger partial charge >= 0.3 is 0 Å². The molecule has 4 nitrogen and oxygen atoms in total. The van der Waals surface area contributed by atoms with Gasteiger partial charge in [0.25, 0.3) is 0 Å². The number of aromatic amines is 1. The van der Waals surface area contributed by atoms with E-state index in [1.165, 1.54) is 10.9 Å². The van der Waals surface area contributed by atoms with Crippen molar-refractivity contribution in [1.82, 2.24) is 10.3 Å². The van der Waals surface area contributed by atoms with Gasteiger partial charge in [-0.25, -0.2) is 0 Å². The molecule has 4 heteroatoms. The second-order valence-electron chi connectivity index (χ2n) is 6.08. The molecule has 22 heavy (non-hydrogen) atoms. The Balaban J connectivity index is 1.67. The van der Waals surface area contributed by atoms with E-state index in [-0.39, 0.29) is 17.9 Å². The molecule has 0 aliphatic carbocycles. The zero-order valence-electron chi connectivity index (χ0n) is 13.1. The van der Waals surface area contributed by atoms with Crippen LogP contribution in [0.5, 0.6) is 0 Å². The molecule has 0 unspecified atom stereocenters. The van der Waals surface area contributed by atoms with Gasteiger partial charge in [-0.15, -0.1) is 0 Å². The molecule has 1 amide bonds. The highest BCUT2D eigenvalue weighted by atomic mass is 16.5. The highest BCUT2D eigenvalue weighted by Crippen LogP contribution is 2.30. The molecule has 2 atom stereocenters. The number of rotatable bonds is 5. The van der Waals surface area contributed by atoms with Gasteiger partial charge in [-0.3, -0.25) is 4.79 Å². The van der Waals surface area contributed by atoms with E-state index in [9.17, 15) is 4.79 Å². The maximum Gasteiger partial charge on any atom is 0.220 e. The van der Waals surface area contributed by atoms with Crippen LogP contribution in [-0.2, 0) is 9.53 Å². The molecule has 1 fully saturated rings. The van der Waals surface area contributed by atoms with Gasteiger partial charge in [0.15, 0.2) is 0 Å². The van der Waals surface area contributed by atoms with Crippen LogP contribution in [0.25, 0.3) is 10.9 Å². The van der Waals surface area contributed by atoms with Crippen LogP contribution in [0.1, 0.15) is 44.1 Å². The van der Waals surface area contributed by atoms with Crippen LogP contribution in [0.2, 0.25) is 0 Å². The summed E-state index contributed by atoms with van der Waals surface area (Å²) in [5.74, 6) is 0.383. The fraction of sp³-hybridized carbons (Fsp3) is 0.500. The molecule has 1 aliphatic rings. The monoisotopic (exact) mass is 300 g/mol. The van der Waals surface area contributed by atoms with Crippen molar-refractivity contribution in [3.05, 3.63) is 36.0 Å². The van der Waals surface area contributed by atoms with Gasteiger partial charge in [-0.2, -0.15) is 0 Å². The average molecular weight is 300 g/mol. The Morgan fingerprint density at radius 2 is 2.32 bits per heavy atom. The predicted octanol–water partition coefficient (Wildman–Crippen LogP) is 3.35. The lowest BCUT2D eigenvalue weighted by Crippen LogP contribution is -2.41. The first kappa shape index (κ1) is 15.1. The largest absolute Gasteiger partial charge is 0.379 e. The van der Waals surface area contributed by atoms with Crippen molar-refractivity contribution in [2.45, 2.75) is 44.6 Å². The minimum absolute atomic E-state index is 0.132. The number of H-pyrrole nitrogens is 1. The third-order valence-corrected chi connectivity index (χ3v) is 4.51. The first-order valence-corrected chi connectivity index (χ1v) is 8.21. The van der Waals surface area contributed by atoms with Gasteiger partial charge in [0.05, 0.1) is 12.6 Å². The van der Waals surface area contributed by atoms with Crippen LogP contribution in [0.4, 0.5) is 0 Å². The smallest absolute Gasteiger partial charge is 0.220 e. The Morgan fingerprint density at radius 3 is 3.09 bits per heavy atom. The number of para-hydroxylation sites is 1. The summed E-state index contributed by atoms with van der Waals surface area (Å²) in [7, 11) is 0. The molecule has 0 bridgehead atoms. The van der Waals surface area contributed by atoms with Crippen LogP contribution in [0, 0.1) is 0 Å². The van der Waals surface area contributed by atoms with Gasteiger partial charge < -0.3 is 15.0 Å². The van der Waals surface area contributed by atoms with Gasteiger partial charge in [0.2, 0.25) is 5.91 Å². The fourth-order valence-electron chi connectivity index (χ4n) is 3.27. The summed E-state index contributed by atoms with van der Waals surface area (Å²) < 4.78 is 5.42. The molecule has 2 aromatic rings. The number of benzene rings is 1. The summed E-state index contributed by atoms with van der Waals surface area (Å²) in [6.45, 7) is 3.61. The van der Waals surface area contributed by atoms with Gasteiger partial charge in [-0.05, 0) is 36.8 Å². The summed E-state index contributed by atoms with van der Waals surface area (Å²) >= 11 is 0. The van der Waals surface area contributed by atoms with Crippen LogP contribution < -0.4 is 5.32 Å². The van der Waals surface area contributed by atoms with E-state index in [2.05, 4.69) is 35.6 Å². The first-order valence-electron chi connectivity index (χ1n) is 8.21. The normalized spacial score (nSPS) is 20.0. The number of fused-ring (bicyclic) bond motifs is 1. The Labute approximate surface area is 131 Å². The minimum atomic E-state index is 0.132. The molecule has 118 valence electrons. The summed E-state index contributed by atoms with van der Waals surface area (Å²) in [5, 5.41) is 4.34. The summed E-state index contributed by atoms with van der Waals surface area (Å²) in [6.07, 6.45) is 5.60. The topological polar surface area (TPSA) is 54.1 Å². The highest BCUT2D eigenvalue weighted by molar-refractivity contribution is 5.85. The van der Waals surface area contributed by atoms with Crippen molar-refractivity contribution < 1.29 is 9.53 Å². The van der Waals surface area contributed by atoms with Crippen molar-refractivity contribution in [1.29, 1.82) is 0 Å². The zero-order valence-corrected chi connectivity index (χ0v) is 13.1. The molecular weight excluding hydrogens is 276 g/mol. The molecule has 2 N–H and O–H groups in total. The summed E-state index contributed by atoms with van der Waals surface area (Å²) in [4.78, 5) is 15.6. The Morgan fingerprint density at radius 1 is 1.45 bits per heavy atom. The lowest BCUT2D eigenvalue weighted by Gasteiger charge is -2.24. The predicted molar refractivity (Wildman–Crippen MR) is 87.9 cm³/mol. The Bertz CT molecular complexity index is 629. The van der Waals surface area contributed by atoms with E-state index in [4.69, 9.17) is 4.74 Å². The van der Waals surface area contributed by atoms with Crippen molar-refractivity contribution in [2.75, 3.05) is 13.2 Å². The average Bonchev–Trinajstić information content (AvgIpc) is 2.97. The van der Waals surface area contributed by atoms with Crippen LogP contribution >= 0.6 is 0 Å². The van der Waals surface area contributed by atoms with Crippen LogP contribution in [0.3, 0.4) is 0 Å². The molecular formula is C18H24N2O2.